The quantitative estimate of drug-likeness (QED) is 0.639. The van der Waals surface area contributed by atoms with Crippen LogP contribution in [0.25, 0.3) is 0 Å². The van der Waals surface area contributed by atoms with E-state index in [9.17, 15) is 4.39 Å². The molecule has 0 aliphatic heterocycles. The zero-order valence-corrected chi connectivity index (χ0v) is 13.8. The second-order valence-electron chi connectivity index (χ2n) is 3.84. The second kappa shape index (κ2) is 6.72. The highest BCUT2D eigenvalue weighted by molar-refractivity contribution is 9.10. The van der Waals surface area contributed by atoms with Gasteiger partial charge in [0, 0.05) is 15.8 Å². The van der Waals surface area contributed by atoms with E-state index in [4.69, 9.17) is 35.4 Å². The molecular weight excluding hydrogens is 386 g/mol. The molecule has 0 spiro atoms. The fourth-order valence-electron chi connectivity index (χ4n) is 1.44. The van der Waals surface area contributed by atoms with Gasteiger partial charge in [-0.3, -0.25) is 0 Å². The van der Waals surface area contributed by atoms with Gasteiger partial charge in [-0.15, -0.1) is 0 Å². The first-order valence-electron chi connectivity index (χ1n) is 5.44. The van der Waals surface area contributed by atoms with Crippen LogP contribution in [0, 0.1) is 5.82 Å². The largest absolute Gasteiger partial charge is 0.332 e. The van der Waals surface area contributed by atoms with Crippen LogP contribution in [-0.2, 0) is 0 Å². The molecule has 20 heavy (non-hydrogen) atoms. The third kappa shape index (κ3) is 4.06. The van der Waals surface area contributed by atoms with Crippen LogP contribution in [-0.4, -0.2) is 5.11 Å². The van der Waals surface area contributed by atoms with Crippen molar-refractivity contribution in [2.45, 2.75) is 0 Å². The minimum absolute atomic E-state index is 0.0319. The second-order valence-corrected chi connectivity index (χ2v) is 5.91. The zero-order chi connectivity index (χ0) is 14.7. The molecule has 0 aliphatic rings. The Bertz CT molecular complexity index is 611. The van der Waals surface area contributed by atoms with E-state index < -0.39 is 5.82 Å². The summed E-state index contributed by atoms with van der Waals surface area (Å²) in [5.74, 6) is -0.476. The van der Waals surface area contributed by atoms with Gasteiger partial charge in [-0.25, -0.2) is 4.39 Å². The molecule has 0 heterocycles. The van der Waals surface area contributed by atoms with Gasteiger partial charge in [0.15, 0.2) is 5.11 Å². The molecule has 2 nitrogen and oxygen atoms in total. The molecule has 2 rings (SSSR count). The van der Waals surface area contributed by atoms with Gasteiger partial charge >= 0.3 is 0 Å². The molecule has 104 valence electrons. The molecule has 0 saturated carbocycles. The first kappa shape index (κ1) is 15.5. The maximum absolute atomic E-state index is 13.0. The minimum Gasteiger partial charge on any atom is -0.332 e. The zero-order valence-electron chi connectivity index (χ0n) is 9.88. The van der Waals surface area contributed by atoms with Crippen molar-refractivity contribution in [3.8, 4) is 0 Å². The molecule has 0 atom stereocenters. The van der Waals surface area contributed by atoms with Crippen molar-refractivity contribution in [3.63, 3.8) is 0 Å². The molecule has 0 radical (unpaired) electrons. The van der Waals surface area contributed by atoms with Gasteiger partial charge in [0.1, 0.15) is 5.82 Å². The first-order valence-corrected chi connectivity index (χ1v) is 7.39. The van der Waals surface area contributed by atoms with E-state index in [-0.39, 0.29) is 5.02 Å². The van der Waals surface area contributed by atoms with Gasteiger partial charge in [-0.2, -0.15) is 0 Å². The van der Waals surface area contributed by atoms with E-state index in [2.05, 4.69) is 26.6 Å². The van der Waals surface area contributed by atoms with Gasteiger partial charge in [0.2, 0.25) is 0 Å². The van der Waals surface area contributed by atoms with Gasteiger partial charge in [0.05, 0.1) is 10.0 Å². The smallest absolute Gasteiger partial charge is 0.175 e. The molecule has 0 aromatic heterocycles. The molecular formula is C13H8BrCl2FN2S. The number of benzene rings is 2. The Kier molecular flexibility index (Phi) is 5.21. The monoisotopic (exact) mass is 392 g/mol. The maximum Gasteiger partial charge on any atom is 0.175 e. The number of anilines is 2. The molecule has 0 amide bonds. The molecule has 2 aromatic rings. The average molecular weight is 394 g/mol. The van der Waals surface area contributed by atoms with Crippen LogP contribution in [0.15, 0.2) is 40.9 Å². The first-order chi connectivity index (χ1) is 9.45. The van der Waals surface area contributed by atoms with Crippen LogP contribution in [0.1, 0.15) is 0 Å². The number of nitrogens with one attached hydrogen (secondary N) is 2. The predicted octanol–water partition coefficient (Wildman–Crippen LogP) is 5.70. The fraction of sp³-hybridized carbons (Fsp3) is 0. The summed E-state index contributed by atoms with van der Waals surface area (Å²) in [6.07, 6.45) is 0. The van der Waals surface area contributed by atoms with Crippen LogP contribution >= 0.6 is 51.3 Å². The molecule has 0 unspecified atom stereocenters. The lowest BCUT2D eigenvalue weighted by Crippen LogP contribution is -2.19. The summed E-state index contributed by atoms with van der Waals surface area (Å²) < 4.78 is 13.8. The number of thiocarbonyl (C=S) groups is 1. The third-order valence-corrected chi connectivity index (χ3v) is 4.08. The van der Waals surface area contributed by atoms with Crippen molar-refractivity contribution in [1.29, 1.82) is 0 Å². The van der Waals surface area contributed by atoms with E-state index in [1.54, 1.807) is 12.1 Å². The molecule has 2 N–H and O–H groups in total. The standard InChI is InChI=1S/C13H8BrCl2FN2S/c14-9-3-1-7(5-10(9)15)18-13(20)19-8-2-4-12(17)11(16)6-8/h1-6H,(H2,18,19,20). The van der Waals surface area contributed by atoms with Crippen molar-refractivity contribution in [3.05, 3.63) is 56.7 Å². The lowest BCUT2D eigenvalue weighted by molar-refractivity contribution is 0.628. The Morgan fingerprint density at radius 2 is 1.55 bits per heavy atom. The summed E-state index contributed by atoms with van der Waals surface area (Å²) in [7, 11) is 0. The number of halogens is 4. The predicted molar refractivity (Wildman–Crippen MR) is 90.4 cm³/mol. The van der Waals surface area contributed by atoms with E-state index in [1.807, 2.05) is 12.1 Å². The van der Waals surface area contributed by atoms with E-state index in [0.717, 1.165) is 10.2 Å². The van der Waals surface area contributed by atoms with Crippen LogP contribution in [0.2, 0.25) is 10.0 Å². The summed E-state index contributed by atoms with van der Waals surface area (Å²) in [6, 6.07) is 9.63. The summed E-state index contributed by atoms with van der Waals surface area (Å²) in [4.78, 5) is 0. The van der Waals surface area contributed by atoms with Crippen molar-refractivity contribution in [1.82, 2.24) is 0 Å². The lowest BCUT2D eigenvalue weighted by Gasteiger charge is -2.11. The molecule has 2 aromatic carbocycles. The van der Waals surface area contributed by atoms with Crippen LogP contribution < -0.4 is 10.6 Å². The Labute approximate surface area is 139 Å². The molecule has 7 heteroatoms. The molecule has 0 bridgehead atoms. The highest BCUT2D eigenvalue weighted by atomic mass is 79.9. The summed E-state index contributed by atoms with van der Waals surface area (Å²) in [5.41, 5.74) is 1.33. The Morgan fingerprint density at radius 1 is 1.00 bits per heavy atom. The van der Waals surface area contributed by atoms with Crippen LogP contribution in [0.4, 0.5) is 15.8 Å². The van der Waals surface area contributed by atoms with Gasteiger partial charge in [-0.1, -0.05) is 23.2 Å². The third-order valence-electron chi connectivity index (χ3n) is 2.35. The highest BCUT2D eigenvalue weighted by Crippen LogP contribution is 2.25. The molecule has 0 fully saturated rings. The average Bonchev–Trinajstić information content (AvgIpc) is 2.38. The van der Waals surface area contributed by atoms with Crippen molar-refractivity contribution in [2.24, 2.45) is 0 Å². The van der Waals surface area contributed by atoms with Gasteiger partial charge in [-0.05, 0) is 64.5 Å². The normalized spacial score (nSPS) is 10.2. The Hall–Kier alpha value is -0.880. The van der Waals surface area contributed by atoms with Crippen LogP contribution in [0.3, 0.4) is 0 Å². The number of hydrogen-bond donors (Lipinski definition) is 2. The van der Waals surface area contributed by atoms with Crippen molar-refractivity contribution in [2.75, 3.05) is 10.6 Å². The van der Waals surface area contributed by atoms with Gasteiger partial charge in [0.25, 0.3) is 0 Å². The minimum atomic E-state index is -0.476. The summed E-state index contributed by atoms with van der Waals surface area (Å²) in [5, 5.41) is 6.83. The van der Waals surface area contributed by atoms with Crippen molar-refractivity contribution < 1.29 is 4.39 Å². The Balaban J connectivity index is 2.04. The maximum atomic E-state index is 13.0. The molecule has 0 saturated heterocycles. The highest BCUT2D eigenvalue weighted by Gasteiger charge is 2.04. The number of hydrogen-bond acceptors (Lipinski definition) is 1. The number of rotatable bonds is 2. The van der Waals surface area contributed by atoms with Gasteiger partial charge < -0.3 is 10.6 Å². The fourth-order valence-corrected chi connectivity index (χ4v) is 2.28. The molecule has 0 aliphatic carbocycles. The summed E-state index contributed by atoms with van der Waals surface area (Å²) in [6.45, 7) is 0. The van der Waals surface area contributed by atoms with Crippen molar-refractivity contribution >= 4 is 67.8 Å². The van der Waals surface area contributed by atoms with E-state index in [1.165, 1.54) is 12.1 Å². The lowest BCUT2D eigenvalue weighted by atomic mass is 10.3. The van der Waals surface area contributed by atoms with Crippen LogP contribution in [0.5, 0.6) is 0 Å². The Morgan fingerprint density at radius 3 is 2.10 bits per heavy atom. The van der Waals surface area contributed by atoms with E-state index in [0.29, 0.717) is 15.8 Å². The topological polar surface area (TPSA) is 24.1 Å². The summed E-state index contributed by atoms with van der Waals surface area (Å²) >= 11 is 20.1. The van der Waals surface area contributed by atoms with E-state index >= 15 is 0 Å². The SMILES string of the molecule is Fc1ccc(NC(=S)Nc2ccc(Br)c(Cl)c2)cc1Cl.